The standard InChI is InChI=1S/C19H25F3N4O/c1-14(2)18(3,13-23)24-17(27)12-25-7-9-26(10-8-25)16-6-4-5-15(11-16)19(20,21)22/h4-6,11,14H,7-10,12H2,1-3H3,(H,24,27). The largest absolute Gasteiger partial charge is 0.416 e. The number of piperazine rings is 1. The third-order valence-electron chi connectivity index (χ3n) is 5.06. The van der Waals surface area contributed by atoms with Gasteiger partial charge in [0.05, 0.1) is 18.2 Å². The summed E-state index contributed by atoms with van der Waals surface area (Å²) in [7, 11) is 0. The smallest absolute Gasteiger partial charge is 0.369 e. The van der Waals surface area contributed by atoms with E-state index in [-0.39, 0.29) is 18.4 Å². The number of carbonyl (C=O) groups is 1. The Labute approximate surface area is 157 Å². The van der Waals surface area contributed by atoms with Crippen LogP contribution < -0.4 is 10.2 Å². The number of halogens is 3. The highest BCUT2D eigenvalue weighted by molar-refractivity contribution is 5.79. The summed E-state index contributed by atoms with van der Waals surface area (Å²) >= 11 is 0. The Morgan fingerprint density at radius 1 is 1.26 bits per heavy atom. The van der Waals surface area contributed by atoms with Gasteiger partial charge in [-0.15, -0.1) is 0 Å². The van der Waals surface area contributed by atoms with Gasteiger partial charge in [-0.05, 0) is 31.0 Å². The molecule has 2 rings (SSSR count). The fourth-order valence-corrected chi connectivity index (χ4v) is 2.88. The molecule has 1 atom stereocenters. The maximum atomic E-state index is 12.9. The van der Waals surface area contributed by atoms with Crippen molar-refractivity contribution in [3.05, 3.63) is 29.8 Å². The molecule has 1 N–H and O–H groups in total. The zero-order valence-electron chi connectivity index (χ0n) is 15.8. The summed E-state index contributed by atoms with van der Waals surface area (Å²) in [4.78, 5) is 16.1. The van der Waals surface area contributed by atoms with Crippen LogP contribution in [-0.2, 0) is 11.0 Å². The molecule has 0 radical (unpaired) electrons. The van der Waals surface area contributed by atoms with Gasteiger partial charge in [0, 0.05) is 31.9 Å². The number of nitriles is 1. The topological polar surface area (TPSA) is 59.4 Å². The summed E-state index contributed by atoms with van der Waals surface area (Å²) in [6, 6.07) is 7.43. The van der Waals surface area contributed by atoms with Gasteiger partial charge in [0.25, 0.3) is 0 Å². The lowest BCUT2D eigenvalue weighted by Gasteiger charge is -2.36. The Hall–Kier alpha value is -2.27. The number of anilines is 1. The first-order valence-corrected chi connectivity index (χ1v) is 8.92. The maximum absolute atomic E-state index is 12.9. The van der Waals surface area contributed by atoms with Crippen LogP contribution in [0.25, 0.3) is 0 Å². The van der Waals surface area contributed by atoms with Gasteiger partial charge in [-0.1, -0.05) is 19.9 Å². The Morgan fingerprint density at radius 2 is 1.89 bits per heavy atom. The molecule has 1 fully saturated rings. The molecular formula is C19H25F3N4O. The summed E-state index contributed by atoms with van der Waals surface area (Å²) < 4.78 is 38.6. The molecule has 27 heavy (non-hydrogen) atoms. The van der Waals surface area contributed by atoms with Gasteiger partial charge in [0.15, 0.2) is 0 Å². The van der Waals surface area contributed by atoms with Crippen LogP contribution in [-0.4, -0.2) is 49.1 Å². The quantitative estimate of drug-likeness (QED) is 0.851. The van der Waals surface area contributed by atoms with Crippen molar-refractivity contribution in [2.75, 3.05) is 37.6 Å². The van der Waals surface area contributed by atoms with Crippen molar-refractivity contribution in [2.24, 2.45) is 5.92 Å². The average Bonchev–Trinajstić information content (AvgIpc) is 2.61. The van der Waals surface area contributed by atoms with Crippen LogP contribution in [0.1, 0.15) is 26.3 Å². The Kier molecular flexibility index (Phi) is 6.37. The van der Waals surface area contributed by atoms with E-state index in [4.69, 9.17) is 0 Å². The number of nitrogens with zero attached hydrogens (tertiary/aromatic N) is 3. The first-order valence-electron chi connectivity index (χ1n) is 8.92. The Bertz CT molecular complexity index is 706. The fraction of sp³-hybridized carbons (Fsp3) is 0.579. The van der Waals surface area contributed by atoms with Crippen molar-refractivity contribution in [3.63, 3.8) is 0 Å². The van der Waals surface area contributed by atoms with Crippen molar-refractivity contribution < 1.29 is 18.0 Å². The Morgan fingerprint density at radius 3 is 2.41 bits per heavy atom. The van der Waals surface area contributed by atoms with Gasteiger partial charge in [0.2, 0.25) is 5.91 Å². The molecule has 0 saturated carbocycles. The molecular weight excluding hydrogens is 357 g/mol. The highest BCUT2D eigenvalue weighted by Gasteiger charge is 2.32. The second-order valence-corrected chi connectivity index (χ2v) is 7.33. The molecule has 1 unspecified atom stereocenters. The molecule has 1 aliphatic rings. The first-order chi connectivity index (χ1) is 12.5. The van der Waals surface area contributed by atoms with Gasteiger partial charge >= 0.3 is 6.18 Å². The molecule has 1 aromatic carbocycles. The van der Waals surface area contributed by atoms with Gasteiger partial charge in [-0.3, -0.25) is 9.69 Å². The van der Waals surface area contributed by atoms with Crippen LogP contribution in [0, 0.1) is 17.2 Å². The van der Waals surface area contributed by atoms with E-state index in [1.165, 1.54) is 6.07 Å². The molecule has 1 saturated heterocycles. The summed E-state index contributed by atoms with van der Waals surface area (Å²) in [5.74, 6) is -0.246. The van der Waals surface area contributed by atoms with Crippen molar-refractivity contribution >= 4 is 11.6 Å². The van der Waals surface area contributed by atoms with Crippen molar-refractivity contribution in [1.82, 2.24) is 10.2 Å². The number of rotatable bonds is 5. The lowest BCUT2D eigenvalue weighted by atomic mass is 9.90. The van der Waals surface area contributed by atoms with E-state index in [9.17, 15) is 23.2 Å². The maximum Gasteiger partial charge on any atom is 0.416 e. The van der Waals surface area contributed by atoms with Crippen molar-refractivity contribution in [2.45, 2.75) is 32.5 Å². The van der Waals surface area contributed by atoms with Crippen LogP contribution in [0.4, 0.5) is 18.9 Å². The Balaban J connectivity index is 1.91. The highest BCUT2D eigenvalue weighted by Crippen LogP contribution is 2.31. The molecule has 1 aromatic rings. The van der Waals surface area contributed by atoms with E-state index in [0.717, 1.165) is 12.1 Å². The number of nitrogens with one attached hydrogen (secondary N) is 1. The molecule has 1 amide bonds. The normalized spacial score (nSPS) is 18.1. The minimum atomic E-state index is -4.36. The summed E-state index contributed by atoms with van der Waals surface area (Å²) in [6.45, 7) is 7.81. The van der Waals surface area contributed by atoms with Gasteiger partial charge < -0.3 is 10.2 Å². The highest BCUT2D eigenvalue weighted by atomic mass is 19.4. The summed E-state index contributed by atoms with van der Waals surface area (Å²) in [6.07, 6.45) is -4.36. The zero-order chi connectivity index (χ0) is 20.2. The average molecular weight is 382 g/mol. The molecule has 5 nitrogen and oxygen atoms in total. The van der Waals surface area contributed by atoms with E-state index < -0.39 is 17.3 Å². The van der Waals surface area contributed by atoms with Crippen LogP contribution in [0.2, 0.25) is 0 Å². The predicted molar refractivity (Wildman–Crippen MR) is 97.1 cm³/mol. The lowest BCUT2D eigenvalue weighted by molar-refractivity contribution is -0.137. The van der Waals surface area contributed by atoms with Crippen LogP contribution in [0.3, 0.4) is 0 Å². The van der Waals surface area contributed by atoms with E-state index in [2.05, 4.69) is 11.4 Å². The number of carbonyl (C=O) groups excluding carboxylic acids is 1. The molecule has 0 aliphatic carbocycles. The lowest BCUT2D eigenvalue weighted by Crippen LogP contribution is -2.54. The summed E-state index contributed by atoms with van der Waals surface area (Å²) in [5.41, 5.74) is -1.05. The van der Waals surface area contributed by atoms with E-state index in [0.29, 0.717) is 31.9 Å². The molecule has 1 heterocycles. The van der Waals surface area contributed by atoms with Crippen molar-refractivity contribution in [3.8, 4) is 6.07 Å². The number of hydrogen-bond donors (Lipinski definition) is 1. The van der Waals surface area contributed by atoms with Crippen LogP contribution in [0.15, 0.2) is 24.3 Å². The third-order valence-corrected chi connectivity index (χ3v) is 5.06. The van der Waals surface area contributed by atoms with Crippen LogP contribution >= 0.6 is 0 Å². The minimum Gasteiger partial charge on any atom is -0.369 e. The van der Waals surface area contributed by atoms with E-state index in [1.54, 1.807) is 13.0 Å². The molecule has 0 bridgehead atoms. The fourth-order valence-electron chi connectivity index (χ4n) is 2.88. The molecule has 0 aromatic heterocycles. The van der Waals surface area contributed by atoms with Crippen molar-refractivity contribution in [1.29, 1.82) is 5.26 Å². The molecule has 1 aliphatic heterocycles. The number of amides is 1. The van der Waals surface area contributed by atoms with Gasteiger partial charge in [-0.25, -0.2) is 0 Å². The molecule has 8 heteroatoms. The molecule has 0 spiro atoms. The molecule has 148 valence electrons. The van der Waals surface area contributed by atoms with Gasteiger partial charge in [-0.2, -0.15) is 18.4 Å². The monoisotopic (exact) mass is 382 g/mol. The van der Waals surface area contributed by atoms with Crippen LogP contribution in [0.5, 0.6) is 0 Å². The van der Waals surface area contributed by atoms with E-state index >= 15 is 0 Å². The second-order valence-electron chi connectivity index (χ2n) is 7.33. The third kappa shape index (κ3) is 5.36. The number of alkyl halides is 3. The number of benzene rings is 1. The first kappa shape index (κ1) is 21.0. The van der Waals surface area contributed by atoms with E-state index in [1.807, 2.05) is 23.6 Å². The predicted octanol–water partition coefficient (Wildman–Crippen LogP) is 2.88. The summed E-state index contributed by atoms with van der Waals surface area (Å²) in [5, 5.41) is 12.1. The number of hydrogen-bond acceptors (Lipinski definition) is 4. The minimum absolute atomic E-state index is 0.0239. The van der Waals surface area contributed by atoms with Gasteiger partial charge in [0.1, 0.15) is 5.54 Å². The zero-order valence-corrected chi connectivity index (χ0v) is 15.8. The SMILES string of the molecule is CC(C)C(C)(C#N)NC(=O)CN1CCN(c2cccc(C(F)(F)F)c2)CC1. The second kappa shape index (κ2) is 8.17.